The third-order valence-electron chi connectivity index (χ3n) is 1.94. The zero-order valence-electron chi connectivity index (χ0n) is 7.98. The Kier molecular flexibility index (Phi) is 4.42. The Balaban J connectivity index is 2.47. The molecule has 4 nitrogen and oxygen atoms in total. The van der Waals surface area contributed by atoms with E-state index in [2.05, 4.69) is 15.9 Å². The Morgan fingerprint density at radius 1 is 1.40 bits per heavy atom. The number of halogens is 1. The Hall–Kier alpha value is -1.23. The Morgan fingerprint density at radius 3 is 2.67 bits per heavy atom. The van der Waals surface area contributed by atoms with Crippen molar-refractivity contribution in [3.8, 4) is 0 Å². The molecule has 0 fully saturated rings. The molecule has 1 aromatic rings. The van der Waals surface area contributed by atoms with Crippen LogP contribution >= 0.6 is 15.9 Å². The van der Waals surface area contributed by atoms with Gasteiger partial charge in [-0.3, -0.25) is 14.9 Å². The summed E-state index contributed by atoms with van der Waals surface area (Å²) in [4.78, 5) is 20.5. The van der Waals surface area contributed by atoms with Gasteiger partial charge in [-0.15, -0.1) is 0 Å². The summed E-state index contributed by atoms with van der Waals surface area (Å²) in [5, 5.41) is 10.1. The van der Waals surface area contributed by atoms with E-state index in [1.54, 1.807) is 0 Å². The fourth-order valence-corrected chi connectivity index (χ4v) is 1.68. The molecule has 0 atom stereocenters. The second-order valence-electron chi connectivity index (χ2n) is 3.12. The highest BCUT2D eigenvalue weighted by atomic mass is 79.9. The second kappa shape index (κ2) is 5.60. The summed E-state index contributed by atoms with van der Waals surface area (Å²) in [5.41, 5.74) is 0.995. The fraction of sp³-hybridized carbons (Fsp3) is 0.300. The number of carbonyl (C=O) groups excluding carboxylic acids is 1. The SMILES string of the molecule is O=C(CCc1ccccc1Br)C[N+](=O)[O-]. The van der Waals surface area contributed by atoms with Crippen molar-refractivity contribution in [1.29, 1.82) is 0 Å². The third-order valence-corrected chi connectivity index (χ3v) is 2.71. The molecule has 0 heterocycles. The van der Waals surface area contributed by atoms with Crippen molar-refractivity contribution >= 4 is 21.7 Å². The van der Waals surface area contributed by atoms with Gasteiger partial charge in [-0.1, -0.05) is 34.1 Å². The number of benzene rings is 1. The lowest BCUT2D eigenvalue weighted by atomic mass is 10.1. The van der Waals surface area contributed by atoms with Crippen molar-refractivity contribution in [3.05, 3.63) is 44.4 Å². The zero-order valence-corrected chi connectivity index (χ0v) is 9.57. The van der Waals surface area contributed by atoms with E-state index >= 15 is 0 Å². The lowest BCUT2D eigenvalue weighted by Crippen LogP contribution is -2.14. The summed E-state index contributed by atoms with van der Waals surface area (Å²) in [7, 11) is 0. The monoisotopic (exact) mass is 271 g/mol. The molecule has 0 N–H and O–H groups in total. The van der Waals surface area contributed by atoms with Crippen LogP contribution in [0.1, 0.15) is 12.0 Å². The van der Waals surface area contributed by atoms with Gasteiger partial charge in [0, 0.05) is 15.8 Å². The number of Topliss-reactive ketones (excluding diaryl/α,β-unsaturated/α-hetero) is 1. The van der Waals surface area contributed by atoms with Crippen LogP contribution in [0.15, 0.2) is 28.7 Å². The average molecular weight is 272 g/mol. The highest BCUT2D eigenvalue weighted by Crippen LogP contribution is 2.17. The summed E-state index contributed by atoms with van der Waals surface area (Å²) in [5.74, 6) is -0.337. The lowest BCUT2D eigenvalue weighted by Gasteiger charge is -2.01. The predicted molar refractivity (Wildman–Crippen MR) is 59.3 cm³/mol. The minimum absolute atomic E-state index is 0.212. The molecule has 0 radical (unpaired) electrons. The fourth-order valence-electron chi connectivity index (χ4n) is 1.20. The maximum atomic E-state index is 11.1. The van der Waals surface area contributed by atoms with Crippen LogP contribution in [0.3, 0.4) is 0 Å². The van der Waals surface area contributed by atoms with Gasteiger partial charge >= 0.3 is 0 Å². The minimum atomic E-state index is -0.595. The summed E-state index contributed by atoms with van der Waals surface area (Å²) in [6, 6.07) is 7.53. The first kappa shape index (κ1) is 11.8. The van der Waals surface area contributed by atoms with Crippen LogP contribution < -0.4 is 0 Å². The van der Waals surface area contributed by atoms with Crippen LogP contribution in [-0.2, 0) is 11.2 Å². The standard InChI is InChI=1S/C10H10BrNO3/c11-10-4-2-1-3-8(10)5-6-9(13)7-12(14)15/h1-4H,5-7H2. The first-order valence-corrected chi connectivity index (χ1v) is 5.26. The first-order chi connectivity index (χ1) is 7.09. The highest BCUT2D eigenvalue weighted by molar-refractivity contribution is 9.10. The van der Waals surface area contributed by atoms with Gasteiger partial charge in [0.2, 0.25) is 5.78 Å². The van der Waals surface area contributed by atoms with E-state index in [1.807, 2.05) is 24.3 Å². The summed E-state index contributed by atoms with van der Waals surface area (Å²) < 4.78 is 0.930. The third kappa shape index (κ3) is 4.20. The predicted octanol–water partition coefficient (Wildman–Crippen LogP) is 2.23. The number of aryl methyl sites for hydroxylation is 1. The molecule has 0 unspecified atom stereocenters. The van der Waals surface area contributed by atoms with Gasteiger partial charge in [-0.2, -0.15) is 0 Å². The van der Waals surface area contributed by atoms with Gasteiger partial charge in [0.05, 0.1) is 0 Å². The largest absolute Gasteiger partial charge is 0.292 e. The van der Waals surface area contributed by atoms with Crippen LogP contribution in [0, 0.1) is 10.1 Å². The van der Waals surface area contributed by atoms with Crippen LogP contribution in [0.4, 0.5) is 0 Å². The zero-order chi connectivity index (χ0) is 11.3. The van der Waals surface area contributed by atoms with Gasteiger partial charge in [-0.05, 0) is 18.1 Å². The van der Waals surface area contributed by atoms with Crippen molar-refractivity contribution in [2.45, 2.75) is 12.8 Å². The van der Waals surface area contributed by atoms with Crippen molar-refractivity contribution in [1.82, 2.24) is 0 Å². The number of rotatable bonds is 5. The van der Waals surface area contributed by atoms with Crippen LogP contribution in [0.25, 0.3) is 0 Å². The molecule has 0 spiro atoms. The van der Waals surface area contributed by atoms with E-state index in [-0.39, 0.29) is 12.2 Å². The normalized spacial score (nSPS) is 9.93. The highest BCUT2D eigenvalue weighted by Gasteiger charge is 2.10. The smallest absolute Gasteiger partial charge is 0.261 e. The number of nitrogens with zero attached hydrogens (tertiary/aromatic N) is 1. The molecular weight excluding hydrogens is 262 g/mol. The summed E-state index contributed by atoms with van der Waals surface area (Å²) >= 11 is 3.35. The number of ketones is 1. The minimum Gasteiger partial charge on any atom is -0.292 e. The maximum absolute atomic E-state index is 11.1. The lowest BCUT2D eigenvalue weighted by molar-refractivity contribution is -0.467. The van der Waals surface area contributed by atoms with E-state index in [0.717, 1.165) is 10.0 Å². The molecule has 0 aromatic heterocycles. The molecule has 80 valence electrons. The van der Waals surface area contributed by atoms with Crippen molar-refractivity contribution < 1.29 is 9.72 Å². The van der Waals surface area contributed by atoms with E-state index in [4.69, 9.17) is 0 Å². The van der Waals surface area contributed by atoms with E-state index in [0.29, 0.717) is 6.42 Å². The van der Waals surface area contributed by atoms with Gasteiger partial charge < -0.3 is 0 Å². The first-order valence-electron chi connectivity index (χ1n) is 4.46. The second-order valence-corrected chi connectivity index (χ2v) is 3.98. The Morgan fingerprint density at radius 2 is 2.07 bits per heavy atom. The number of nitro groups is 1. The molecule has 0 aliphatic carbocycles. The summed E-state index contributed by atoms with van der Waals surface area (Å²) in [6.07, 6.45) is 0.748. The van der Waals surface area contributed by atoms with Crippen LogP contribution in [0.5, 0.6) is 0 Å². The van der Waals surface area contributed by atoms with E-state index in [1.165, 1.54) is 0 Å². The van der Waals surface area contributed by atoms with Gasteiger partial charge in [0.1, 0.15) is 0 Å². The molecule has 5 heteroatoms. The van der Waals surface area contributed by atoms with Gasteiger partial charge in [0.25, 0.3) is 6.54 Å². The molecule has 15 heavy (non-hydrogen) atoms. The van der Waals surface area contributed by atoms with E-state index < -0.39 is 11.5 Å². The molecule has 0 bridgehead atoms. The topological polar surface area (TPSA) is 60.2 Å². The van der Waals surface area contributed by atoms with Gasteiger partial charge in [-0.25, -0.2) is 0 Å². The van der Waals surface area contributed by atoms with Crippen LogP contribution in [0.2, 0.25) is 0 Å². The average Bonchev–Trinajstić information content (AvgIpc) is 2.15. The van der Waals surface area contributed by atoms with Gasteiger partial charge in [0.15, 0.2) is 0 Å². The summed E-state index contributed by atoms with van der Waals surface area (Å²) in [6.45, 7) is -0.579. The molecule has 0 saturated heterocycles. The van der Waals surface area contributed by atoms with Crippen molar-refractivity contribution in [2.75, 3.05) is 6.54 Å². The molecule has 0 saturated carbocycles. The van der Waals surface area contributed by atoms with Crippen molar-refractivity contribution in [3.63, 3.8) is 0 Å². The quantitative estimate of drug-likeness (QED) is 0.610. The molecule has 0 amide bonds. The molecule has 0 aliphatic rings. The number of carbonyl (C=O) groups is 1. The number of hydrogen-bond acceptors (Lipinski definition) is 3. The Bertz CT molecular complexity index is 379. The van der Waals surface area contributed by atoms with E-state index in [9.17, 15) is 14.9 Å². The van der Waals surface area contributed by atoms with Crippen molar-refractivity contribution in [2.24, 2.45) is 0 Å². The molecule has 1 rings (SSSR count). The Labute approximate surface area is 95.6 Å². The van der Waals surface area contributed by atoms with Crippen LogP contribution in [-0.4, -0.2) is 17.3 Å². The molecular formula is C10H10BrNO3. The maximum Gasteiger partial charge on any atom is 0.261 e. The molecule has 1 aromatic carbocycles. The number of hydrogen-bond donors (Lipinski definition) is 0. The molecule has 0 aliphatic heterocycles.